The van der Waals surface area contributed by atoms with Crippen LogP contribution in [-0.2, 0) is 4.79 Å². The Hall–Kier alpha value is -1.55. The summed E-state index contributed by atoms with van der Waals surface area (Å²) in [5.41, 5.74) is 8.75. The summed E-state index contributed by atoms with van der Waals surface area (Å²) >= 11 is 0. The van der Waals surface area contributed by atoms with Gasteiger partial charge >= 0.3 is 0 Å². The molecule has 0 bridgehead atoms. The highest BCUT2D eigenvalue weighted by molar-refractivity contribution is 5.87. The SMILES string of the molecule is C/C=C(CN)\C(=C/CC)NC/C(=C/C(C)=O)NCC. The summed E-state index contributed by atoms with van der Waals surface area (Å²) in [5, 5.41) is 6.53. The second-order valence-corrected chi connectivity index (χ2v) is 4.21. The van der Waals surface area contributed by atoms with Crippen molar-refractivity contribution < 1.29 is 4.79 Å². The van der Waals surface area contributed by atoms with Crippen molar-refractivity contribution >= 4 is 5.78 Å². The van der Waals surface area contributed by atoms with E-state index in [1.165, 1.54) is 0 Å². The third kappa shape index (κ3) is 7.47. The minimum atomic E-state index is 0.0452. The van der Waals surface area contributed by atoms with E-state index in [0.717, 1.165) is 29.9 Å². The lowest BCUT2D eigenvalue weighted by atomic mass is 10.1. The van der Waals surface area contributed by atoms with Crippen molar-refractivity contribution in [3.63, 3.8) is 0 Å². The number of nitrogens with two attached hydrogens (primary N) is 1. The van der Waals surface area contributed by atoms with Gasteiger partial charge in [-0.15, -0.1) is 0 Å². The first kappa shape index (κ1) is 17.4. The number of likely N-dealkylation sites (N-methyl/N-ethyl adjacent to an activating group) is 1. The molecule has 0 rings (SSSR count). The Morgan fingerprint density at radius 2 is 1.95 bits per heavy atom. The molecule has 0 aliphatic heterocycles. The largest absolute Gasteiger partial charge is 0.387 e. The van der Waals surface area contributed by atoms with Crippen molar-refractivity contribution in [1.82, 2.24) is 10.6 Å². The topological polar surface area (TPSA) is 67.1 Å². The Morgan fingerprint density at radius 1 is 1.26 bits per heavy atom. The van der Waals surface area contributed by atoms with Crippen LogP contribution in [0.5, 0.6) is 0 Å². The normalized spacial score (nSPS) is 13.4. The van der Waals surface area contributed by atoms with Crippen molar-refractivity contribution in [2.75, 3.05) is 19.6 Å². The summed E-state index contributed by atoms with van der Waals surface area (Å²) in [7, 11) is 0. The van der Waals surface area contributed by atoms with E-state index in [1.54, 1.807) is 13.0 Å². The van der Waals surface area contributed by atoms with E-state index in [2.05, 4.69) is 23.6 Å². The standard InChI is InChI=1S/C15H27N3O/c1-5-8-15(13(6-2)10-16)18-11-14(17-7-3)9-12(4)19/h6,8-9,17-18H,5,7,10-11,16H2,1-4H3/b13-6-,14-9-,15-8+. The average molecular weight is 265 g/mol. The Balaban J connectivity index is 4.78. The number of nitrogens with one attached hydrogen (secondary N) is 2. The van der Waals surface area contributed by atoms with Crippen LogP contribution < -0.4 is 16.4 Å². The molecule has 4 N–H and O–H groups in total. The van der Waals surface area contributed by atoms with Gasteiger partial charge in [0.1, 0.15) is 0 Å². The molecule has 0 aliphatic carbocycles. The van der Waals surface area contributed by atoms with Crippen molar-refractivity contribution in [1.29, 1.82) is 0 Å². The molecule has 108 valence electrons. The Labute approximate surface area is 116 Å². The first-order valence-electron chi connectivity index (χ1n) is 6.83. The summed E-state index contributed by atoms with van der Waals surface area (Å²) < 4.78 is 0. The van der Waals surface area contributed by atoms with E-state index >= 15 is 0 Å². The lowest BCUT2D eigenvalue weighted by Crippen LogP contribution is -2.27. The monoisotopic (exact) mass is 265 g/mol. The van der Waals surface area contributed by atoms with Gasteiger partial charge in [0.05, 0.1) is 6.54 Å². The summed E-state index contributed by atoms with van der Waals surface area (Å²) in [4.78, 5) is 11.2. The molecule has 4 nitrogen and oxygen atoms in total. The Bertz CT molecular complexity index is 368. The lowest BCUT2D eigenvalue weighted by Gasteiger charge is -2.16. The summed E-state index contributed by atoms with van der Waals surface area (Å²) in [5.74, 6) is 0.0452. The molecule has 4 heteroatoms. The number of allylic oxidation sites excluding steroid dienone is 3. The quantitative estimate of drug-likeness (QED) is 0.440. The zero-order valence-corrected chi connectivity index (χ0v) is 12.5. The van der Waals surface area contributed by atoms with Gasteiger partial charge in [-0.3, -0.25) is 4.79 Å². The fraction of sp³-hybridized carbons (Fsp3) is 0.533. The molecule has 0 aliphatic rings. The number of hydrogen-bond donors (Lipinski definition) is 3. The lowest BCUT2D eigenvalue weighted by molar-refractivity contribution is -0.112. The molecule has 19 heavy (non-hydrogen) atoms. The molecule has 0 amide bonds. The highest BCUT2D eigenvalue weighted by Crippen LogP contribution is 2.07. The van der Waals surface area contributed by atoms with Crippen LogP contribution in [0.25, 0.3) is 0 Å². The van der Waals surface area contributed by atoms with Gasteiger partial charge in [0.25, 0.3) is 0 Å². The summed E-state index contributed by atoms with van der Waals surface area (Å²) in [6.45, 7) is 9.51. The van der Waals surface area contributed by atoms with Crippen LogP contribution in [0.3, 0.4) is 0 Å². The Morgan fingerprint density at radius 3 is 2.37 bits per heavy atom. The number of carbonyl (C=O) groups excluding carboxylic acids is 1. The highest BCUT2D eigenvalue weighted by Gasteiger charge is 2.03. The third-order valence-electron chi connectivity index (χ3n) is 2.57. The summed E-state index contributed by atoms with van der Waals surface area (Å²) in [6, 6.07) is 0. The molecule has 0 aromatic rings. The predicted octanol–water partition coefficient (Wildman–Crippen LogP) is 1.86. The zero-order chi connectivity index (χ0) is 14.7. The third-order valence-corrected chi connectivity index (χ3v) is 2.57. The van der Waals surface area contributed by atoms with Crippen molar-refractivity contribution in [2.45, 2.75) is 34.1 Å². The van der Waals surface area contributed by atoms with E-state index in [-0.39, 0.29) is 5.78 Å². The maximum atomic E-state index is 11.2. The smallest absolute Gasteiger partial charge is 0.154 e. The molecule has 0 saturated carbocycles. The van der Waals surface area contributed by atoms with Gasteiger partial charge in [-0.2, -0.15) is 0 Å². The van der Waals surface area contributed by atoms with Gasteiger partial charge in [0.2, 0.25) is 0 Å². The van der Waals surface area contributed by atoms with Crippen LogP contribution in [0.15, 0.2) is 35.2 Å². The summed E-state index contributed by atoms with van der Waals surface area (Å²) in [6.07, 6.45) is 6.68. The maximum Gasteiger partial charge on any atom is 0.154 e. The predicted molar refractivity (Wildman–Crippen MR) is 81.6 cm³/mol. The van der Waals surface area contributed by atoms with E-state index < -0.39 is 0 Å². The number of rotatable bonds is 9. The van der Waals surface area contributed by atoms with Gasteiger partial charge < -0.3 is 16.4 Å². The molecule has 0 fully saturated rings. The van der Waals surface area contributed by atoms with Crippen LogP contribution in [0.2, 0.25) is 0 Å². The van der Waals surface area contributed by atoms with Crippen molar-refractivity contribution in [3.8, 4) is 0 Å². The van der Waals surface area contributed by atoms with Crippen molar-refractivity contribution in [3.05, 3.63) is 35.2 Å². The molecule has 0 aromatic carbocycles. The molecule has 0 radical (unpaired) electrons. The number of ketones is 1. The minimum absolute atomic E-state index is 0.0452. The van der Waals surface area contributed by atoms with Crippen LogP contribution in [0.1, 0.15) is 34.1 Å². The molecule has 0 spiro atoms. The van der Waals surface area contributed by atoms with E-state index in [9.17, 15) is 4.79 Å². The fourth-order valence-electron chi connectivity index (χ4n) is 1.73. The van der Waals surface area contributed by atoms with Gasteiger partial charge in [-0.05, 0) is 32.8 Å². The highest BCUT2D eigenvalue weighted by atomic mass is 16.1. The molecule has 0 aromatic heterocycles. The van der Waals surface area contributed by atoms with E-state index in [1.807, 2.05) is 19.9 Å². The molecule has 0 atom stereocenters. The first-order chi connectivity index (χ1) is 9.08. The zero-order valence-electron chi connectivity index (χ0n) is 12.5. The van der Waals surface area contributed by atoms with Gasteiger partial charge in [0.15, 0.2) is 5.78 Å². The second kappa shape index (κ2) is 10.4. The second-order valence-electron chi connectivity index (χ2n) is 4.21. The minimum Gasteiger partial charge on any atom is -0.387 e. The van der Waals surface area contributed by atoms with Crippen LogP contribution >= 0.6 is 0 Å². The molecule has 0 heterocycles. The van der Waals surface area contributed by atoms with E-state index in [4.69, 9.17) is 5.73 Å². The molecule has 0 saturated heterocycles. The Kier molecular flexibility index (Phi) is 9.53. The van der Waals surface area contributed by atoms with Crippen LogP contribution in [-0.4, -0.2) is 25.4 Å². The fourth-order valence-corrected chi connectivity index (χ4v) is 1.73. The van der Waals surface area contributed by atoms with E-state index in [0.29, 0.717) is 13.1 Å². The van der Waals surface area contributed by atoms with Gasteiger partial charge in [-0.1, -0.05) is 19.1 Å². The van der Waals surface area contributed by atoms with Crippen molar-refractivity contribution in [2.24, 2.45) is 5.73 Å². The molecule has 0 unspecified atom stereocenters. The molecular weight excluding hydrogens is 238 g/mol. The number of hydrogen-bond acceptors (Lipinski definition) is 4. The van der Waals surface area contributed by atoms with Gasteiger partial charge in [-0.25, -0.2) is 0 Å². The van der Waals surface area contributed by atoms with Crippen LogP contribution in [0.4, 0.5) is 0 Å². The van der Waals surface area contributed by atoms with Gasteiger partial charge in [0, 0.05) is 30.6 Å². The molecular formula is C15H27N3O. The average Bonchev–Trinajstić information content (AvgIpc) is 2.36. The first-order valence-corrected chi connectivity index (χ1v) is 6.83. The number of carbonyl (C=O) groups is 1. The van der Waals surface area contributed by atoms with Crippen LogP contribution in [0, 0.1) is 0 Å². The maximum absolute atomic E-state index is 11.2.